The summed E-state index contributed by atoms with van der Waals surface area (Å²) in [6, 6.07) is 15.8. The summed E-state index contributed by atoms with van der Waals surface area (Å²) in [6.45, 7) is 0. The highest BCUT2D eigenvalue weighted by atomic mass is 19.1. The van der Waals surface area contributed by atoms with Crippen LogP contribution in [0.3, 0.4) is 0 Å². The molecule has 1 heterocycles. The molecule has 0 spiro atoms. The normalized spacial score (nSPS) is 17.1. The van der Waals surface area contributed by atoms with E-state index in [0.29, 0.717) is 11.4 Å². The molecule has 174 valence electrons. The van der Waals surface area contributed by atoms with Crippen LogP contribution in [0, 0.1) is 5.82 Å². The van der Waals surface area contributed by atoms with E-state index in [1.807, 2.05) is 0 Å². The number of amides is 1. The molecular formula is C26H22FNO6. The van der Waals surface area contributed by atoms with E-state index in [1.165, 1.54) is 39.5 Å². The molecule has 1 fully saturated rings. The second-order valence-electron chi connectivity index (χ2n) is 7.43. The zero-order valence-electron chi connectivity index (χ0n) is 18.7. The minimum atomic E-state index is -1.23. The third kappa shape index (κ3) is 3.73. The molecule has 8 heteroatoms. The highest BCUT2D eigenvalue weighted by Gasteiger charge is 2.48. The zero-order chi connectivity index (χ0) is 24.4. The lowest BCUT2D eigenvalue weighted by Gasteiger charge is -2.26. The van der Waals surface area contributed by atoms with E-state index in [-0.39, 0.29) is 28.2 Å². The van der Waals surface area contributed by atoms with Crippen LogP contribution in [0.2, 0.25) is 0 Å². The van der Waals surface area contributed by atoms with Gasteiger partial charge in [0.15, 0.2) is 0 Å². The van der Waals surface area contributed by atoms with Crippen molar-refractivity contribution in [2.45, 2.75) is 6.04 Å². The minimum Gasteiger partial charge on any atom is -0.506 e. The van der Waals surface area contributed by atoms with Crippen LogP contribution >= 0.6 is 0 Å². The molecule has 3 aromatic rings. The number of benzene rings is 3. The van der Waals surface area contributed by atoms with Gasteiger partial charge in [-0.25, -0.2) is 4.39 Å². The van der Waals surface area contributed by atoms with Crippen molar-refractivity contribution < 1.29 is 33.3 Å². The molecule has 3 aromatic carbocycles. The molecule has 0 saturated carbocycles. The number of aliphatic hydroxyl groups is 1. The SMILES string of the molecule is COc1ccc(N2C(=O)C(=O)/C(=C(/O)c3c(OC)cccc3OC)C2c2ccccc2F)cc1. The largest absolute Gasteiger partial charge is 0.506 e. The van der Waals surface area contributed by atoms with Crippen LogP contribution in [-0.4, -0.2) is 38.1 Å². The molecule has 0 aliphatic carbocycles. The van der Waals surface area contributed by atoms with Gasteiger partial charge >= 0.3 is 0 Å². The highest BCUT2D eigenvalue weighted by Crippen LogP contribution is 2.45. The van der Waals surface area contributed by atoms with E-state index in [0.717, 1.165) is 4.90 Å². The quantitative estimate of drug-likeness (QED) is 0.330. The second-order valence-corrected chi connectivity index (χ2v) is 7.43. The van der Waals surface area contributed by atoms with Gasteiger partial charge in [0.05, 0.1) is 32.9 Å². The van der Waals surface area contributed by atoms with Gasteiger partial charge < -0.3 is 19.3 Å². The van der Waals surface area contributed by atoms with E-state index >= 15 is 4.39 Å². The molecule has 0 bridgehead atoms. The van der Waals surface area contributed by atoms with Crippen LogP contribution in [-0.2, 0) is 9.59 Å². The van der Waals surface area contributed by atoms with E-state index in [2.05, 4.69) is 0 Å². The Bertz CT molecular complexity index is 1260. The molecule has 4 rings (SSSR count). The molecule has 1 atom stereocenters. The summed E-state index contributed by atoms with van der Waals surface area (Å²) in [5, 5.41) is 11.4. The summed E-state index contributed by atoms with van der Waals surface area (Å²) in [5.74, 6) is -2.05. The molecule has 1 aliphatic heterocycles. The fraction of sp³-hybridized carbons (Fsp3) is 0.154. The maximum Gasteiger partial charge on any atom is 0.300 e. The summed E-state index contributed by atoms with van der Waals surface area (Å²) < 4.78 is 30.9. The topological polar surface area (TPSA) is 85.3 Å². The number of hydrogen-bond donors (Lipinski definition) is 1. The van der Waals surface area contributed by atoms with Crippen molar-refractivity contribution in [1.82, 2.24) is 0 Å². The van der Waals surface area contributed by atoms with Crippen LogP contribution in [0.1, 0.15) is 17.2 Å². The average molecular weight is 463 g/mol. The Kier molecular flexibility index (Phi) is 6.23. The maximum atomic E-state index is 15.0. The van der Waals surface area contributed by atoms with Crippen molar-refractivity contribution in [2.24, 2.45) is 0 Å². The summed E-state index contributed by atoms with van der Waals surface area (Å²) in [6.07, 6.45) is 0. The van der Waals surface area contributed by atoms with Gasteiger partial charge in [-0.3, -0.25) is 14.5 Å². The first-order chi connectivity index (χ1) is 16.4. The average Bonchev–Trinajstić information content (AvgIpc) is 3.13. The van der Waals surface area contributed by atoms with Gasteiger partial charge in [0.1, 0.15) is 34.4 Å². The van der Waals surface area contributed by atoms with Gasteiger partial charge in [-0.2, -0.15) is 0 Å². The van der Waals surface area contributed by atoms with Gasteiger partial charge in [0.25, 0.3) is 11.7 Å². The number of ketones is 1. The van der Waals surface area contributed by atoms with Crippen LogP contribution in [0.5, 0.6) is 17.2 Å². The van der Waals surface area contributed by atoms with E-state index in [4.69, 9.17) is 14.2 Å². The molecule has 1 saturated heterocycles. The smallest absolute Gasteiger partial charge is 0.300 e. The number of aliphatic hydroxyl groups excluding tert-OH is 1. The van der Waals surface area contributed by atoms with Crippen molar-refractivity contribution in [3.63, 3.8) is 0 Å². The predicted octanol–water partition coefficient (Wildman–Crippen LogP) is 4.48. The van der Waals surface area contributed by atoms with Gasteiger partial charge in [-0.05, 0) is 42.5 Å². The lowest BCUT2D eigenvalue weighted by Crippen LogP contribution is -2.29. The number of carbonyl (C=O) groups excluding carboxylic acids is 2. The van der Waals surface area contributed by atoms with Crippen LogP contribution in [0.15, 0.2) is 72.3 Å². The maximum absolute atomic E-state index is 15.0. The van der Waals surface area contributed by atoms with Crippen molar-refractivity contribution >= 4 is 23.1 Å². The molecule has 1 amide bonds. The fourth-order valence-corrected chi connectivity index (χ4v) is 4.05. The number of carbonyl (C=O) groups is 2. The third-order valence-corrected chi connectivity index (χ3v) is 5.66. The Morgan fingerprint density at radius 3 is 2.03 bits per heavy atom. The van der Waals surface area contributed by atoms with Gasteiger partial charge in [-0.15, -0.1) is 0 Å². The summed E-state index contributed by atoms with van der Waals surface area (Å²) >= 11 is 0. The Morgan fingerprint density at radius 2 is 1.47 bits per heavy atom. The van der Waals surface area contributed by atoms with Crippen LogP contribution in [0.4, 0.5) is 10.1 Å². The van der Waals surface area contributed by atoms with Gasteiger partial charge in [0.2, 0.25) is 0 Å². The lowest BCUT2D eigenvalue weighted by molar-refractivity contribution is -0.132. The van der Waals surface area contributed by atoms with E-state index < -0.39 is 29.3 Å². The molecule has 0 radical (unpaired) electrons. The number of methoxy groups -OCH3 is 3. The fourth-order valence-electron chi connectivity index (χ4n) is 4.05. The molecular weight excluding hydrogens is 441 g/mol. The zero-order valence-corrected chi connectivity index (χ0v) is 18.7. The first-order valence-corrected chi connectivity index (χ1v) is 10.3. The number of anilines is 1. The van der Waals surface area contributed by atoms with Crippen molar-refractivity contribution in [3.8, 4) is 17.2 Å². The van der Waals surface area contributed by atoms with Crippen molar-refractivity contribution in [3.05, 3.63) is 89.2 Å². The van der Waals surface area contributed by atoms with Gasteiger partial charge in [0, 0.05) is 11.3 Å². The Labute approximate surface area is 195 Å². The monoisotopic (exact) mass is 463 g/mol. The predicted molar refractivity (Wildman–Crippen MR) is 124 cm³/mol. The highest BCUT2D eigenvalue weighted by molar-refractivity contribution is 6.51. The Balaban J connectivity index is 2.01. The third-order valence-electron chi connectivity index (χ3n) is 5.66. The van der Waals surface area contributed by atoms with Crippen LogP contribution in [0.25, 0.3) is 5.76 Å². The lowest BCUT2D eigenvalue weighted by atomic mass is 9.94. The molecule has 1 aliphatic rings. The van der Waals surface area contributed by atoms with E-state index in [1.54, 1.807) is 48.5 Å². The number of ether oxygens (including phenoxy) is 3. The summed E-state index contributed by atoms with van der Waals surface area (Å²) in [7, 11) is 4.30. The number of rotatable bonds is 6. The first-order valence-electron chi connectivity index (χ1n) is 10.3. The van der Waals surface area contributed by atoms with Crippen molar-refractivity contribution in [2.75, 3.05) is 26.2 Å². The second kappa shape index (κ2) is 9.27. The number of halogens is 1. The molecule has 1 unspecified atom stereocenters. The minimum absolute atomic E-state index is 0.0490. The van der Waals surface area contributed by atoms with Gasteiger partial charge in [-0.1, -0.05) is 24.3 Å². The molecule has 0 aromatic heterocycles. The molecule has 1 N–H and O–H groups in total. The van der Waals surface area contributed by atoms with Crippen LogP contribution < -0.4 is 19.1 Å². The summed E-state index contributed by atoms with van der Waals surface area (Å²) in [5.41, 5.74) is 0.186. The first kappa shape index (κ1) is 22.8. The molecule has 34 heavy (non-hydrogen) atoms. The molecule has 7 nitrogen and oxygen atoms in total. The van der Waals surface area contributed by atoms with Crippen molar-refractivity contribution in [1.29, 1.82) is 0 Å². The van der Waals surface area contributed by atoms with E-state index in [9.17, 15) is 14.7 Å². The Morgan fingerprint density at radius 1 is 0.853 bits per heavy atom. The summed E-state index contributed by atoms with van der Waals surface area (Å²) in [4.78, 5) is 27.7. The number of nitrogens with zero attached hydrogens (tertiary/aromatic N) is 1. The number of Topliss-reactive ketones (excluding diaryl/α,β-unsaturated/α-hetero) is 1. The Hall–Kier alpha value is -4.33. The number of hydrogen-bond acceptors (Lipinski definition) is 6. The standard InChI is InChI=1S/C26H22FNO6/c1-32-16-13-11-15(12-14-16)28-23(17-7-4-5-8-18(17)27)22(25(30)26(28)31)24(29)21-19(33-2)9-6-10-20(21)34-3/h4-14,23,29H,1-3H3/b24-22+.